The number of benzene rings is 1. The Morgan fingerprint density at radius 1 is 1.04 bits per heavy atom. The molecule has 0 amide bonds. The van der Waals surface area contributed by atoms with E-state index in [-0.39, 0.29) is 0 Å². The number of pyridine rings is 1. The van der Waals surface area contributed by atoms with Crippen LogP contribution in [-0.2, 0) is 0 Å². The minimum atomic E-state index is 0.473. The molecule has 2 heterocycles. The normalized spacial score (nSPS) is 13.5. The van der Waals surface area contributed by atoms with Gasteiger partial charge in [0.2, 0.25) is 5.95 Å². The number of hydrogen-bond acceptors (Lipinski definition) is 5. The Morgan fingerprint density at radius 2 is 1.92 bits per heavy atom. The van der Waals surface area contributed by atoms with Gasteiger partial charge >= 0.3 is 0 Å². The summed E-state index contributed by atoms with van der Waals surface area (Å²) >= 11 is 6.22. The highest BCUT2D eigenvalue weighted by molar-refractivity contribution is 6.31. The number of aromatic nitrogens is 3. The number of nitrogens with zero attached hydrogens (tertiary/aromatic N) is 3. The zero-order valence-electron chi connectivity index (χ0n) is 13.8. The highest BCUT2D eigenvalue weighted by atomic mass is 35.5. The maximum atomic E-state index is 6.22. The second kappa shape index (κ2) is 6.69. The van der Waals surface area contributed by atoms with Crippen molar-refractivity contribution in [3.05, 3.63) is 59.2 Å². The van der Waals surface area contributed by atoms with Gasteiger partial charge in [-0.05, 0) is 49.6 Å². The van der Waals surface area contributed by atoms with E-state index < -0.39 is 0 Å². The van der Waals surface area contributed by atoms with Gasteiger partial charge in [0.05, 0.1) is 11.4 Å². The molecule has 0 spiro atoms. The molecule has 1 aliphatic rings. The number of nitrogens with one attached hydrogen (secondary N) is 2. The average molecular weight is 352 g/mol. The highest BCUT2D eigenvalue weighted by Crippen LogP contribution is 2.28. The Hall–Kier alpha value is -2.66. The van der Waals surface area contributed by atoms with E-state index >= 15 is 0 Å². The third-order valence-electron chi connectivity index (χ3n) is 4.01. The van der Waals surface area contributed by atoms with Crippen molar-refractivity contribution >= 4 is 29.1 Å². The molecule has 1 fully saturated rings. The third-order valence-corrected chi connectivity index (χ3v) is 4.42. The summed E-state index contributed by atoms with van der Waals surface area (Å²) in [5.74, 6) is 1.32. The van der Waals surface area contributed by atoms with Gasteiger partial charge in [-0.2, -0.15) is 4.98 Å². The Kier molecular flexibility index (Phi) is 4.24. The van der Waals surface area contributed by atoms with Crippen molar-refractivity contribution in [2.45, 2.75) is 25.8 Å². The maximum absolute atomic E-state index is 6.22. The van der Waals surface area contributed by atoms with Crippen molar-refractivity contribution in [1.29, 1.82) is 0 Å². The number of halogens is 1. The van der Waals surface area contributed by atoms with E-state index in [4.69, 9.17) is 11.6 Å². The fraction of sp³-hybridized carbons (Fsp3) is 0.211. The van der Waals surface area contributed by atoms with E-state index in [2.05, 4.69) is 25.6 Å². The average Bonchev–Trinajstić information content (AvgIpc) is 3.43. The first-order valence-electron chi connectivity index (χ1n) is 8.27. The number of anilines is 3. The topological polar surface area (TPSA) is 62.7 Å². The molecule has 1 saturated carbocycles. The van der Waals surface area contributed by atoms with Crippen LogP contribution >= 0.6 is 11.6 Å². The molecule has 0 saturated heterocycles. The van der Waals surface area contributed by atoms with Crippen molar-refractivity contribution in [3.8, 4) is 11.4 Å². The monoisotopic (exact) mass is 351 g/mol. The van der Waals surface area contributed by atoms with Gasteiger partial charge in [-0.15, -0.1) is 0 Å². The first-order chi connectivity index (χ1) is 12.2. The standard InChI is InChI=1S/C19H18ClN5/c1-12-5-6-14(10-15(12)20)22-18-11-17(16-4-2-3-9-21-16)24-19(25-18)23-13-7-8-13/h2-6,9-11,13H,7-8H2,1H3,(H2,22,23,24,25). The zero-order chi connectivity index (χ0) is 17.2. The quantitative estimate of drug-likeness (QED) is 0.690. The molecular formula is C19H18ClN5. The summed E-state index contributed by atoms with van der Waals surface area (Å²) in [7, 11) is 0. The Labute approximate surface area is 151 Å². The Bertz CT molecular complexity index is 894. The summed E-state index contributed by atoms with van der Waals surface area (Å²) in [6.07, 6.45) is 4.08. The van der Waals surface area contributed by atoms with Crippen molar-refractivity contribution in [2.75, 3.05) is 10.6 Å². The van der Waals surface area contributed by atoms with Crippen LogP contribution in [-0.4, -0.2) is 21.0 Å². The van der Waals surface area contributed by atoms with Gasteiger partial charge in [-0.3, -0.25) is 4.98 Å². The van der Waals surface area contributed by atoms with Gasteiger partial charge in [0.25, 0.3) is 0 Å². The molecule has 2 aromatic heterocycles. The molecule has 126 valence electrons. The second-order valence-corrected chi connectivity index (χ2v) is 6.59. The molecule has 25 heavy (non-hydrogen) atoms. The van der Waals surface area contributed by atoms with Gasteiger partial charge in [-0.25, -0.2) is 4.98 Å². The smallest absolute Gasteiger partial charge is 0.225 e. The minimum Gasteiger partial charge on any atom is -0.351 e. The van der Waals surface area contributed by atoms with Crippen molar-refractivity contribution in [2.24, 2.45) is 0 Å². The van der Waals surface area contributed by atoms with Crippen LogP contribution in [0.5, 0.6) is 0 Å². The summed E-state index contributed by atoms with van der Waals surface area (Å²) in [5.41, 5.74) is 3.52. The number of rotatable bonds is 5. The van der Waals surface area contributed by atoms with Crippen LogP contribution in [0.4, 0.5) is 17.5 Å². The third kappa shape index (κ3) is 3.88. The SMILES string of the molecule is Cc1ccc(Nc2cc(-c3ccccn3)nc(NC3CC3)n2)cc1Cl. The molecule has 1 aliphatic carbocycles. The van der Waals surface area contributed by atoms with Gasteiger partial charge < -0.3 is 10.6 Å². The summed E-state index contributed by atoms with van der Waals surface area (Å²) in [5, 5.41) is 7.39. The van der Waals surface area contributed by atoms with E-state index in [1.54, 1.807) is 6.20 Å². The van der Waals surface area contributed by atoms with E-state index in [0.717, 1.165) is 40.5 Å². The molecule has 6 heteroatoms. The lowest BCUT2D eigenvalue weighted by Gasteiger charge is -2.11. The predicted octanol–water partition coefficient (Wildman–Crippen LogP) is 4.82. The Balaban J connectivity index is 1.68. The van der Waals surface area contributed by atoms with E-state index in [0.29, 0.717) is 17.8 Å². The highest BCUT2D eigenvalue weighted by Gasteiger charge is 2.22. The minimum absolute atomic E-state index is 0.473. The van der Waals surface area contributed by atoms with Gasteiger partial charge in [-0.1, -0.05) is 23.7 Å². The van der Waals surface area contributed by atoms with Crippen LogP contribution in [0, 0.1) is 6.92 Å². The molecule has 0 atom stereocenters. The molecule has 0 radical (unpaired) electrons. The van der Waals surface area contributed by atoms with E-state index in [1.165, 1.54) is 0 Å². The molecular weight excluding hydrogens is 334 g/mol. The summed E-state index contributed by atoms with van der Waals surface area (Å²) in [6.45, 7) is 1.98. The van der Waals surface area contributed by atoms with Crippen molar-refractivity contribution < 1.29 is 0 Å². The van der Waals surface area contributed by atoms with Crippen LogP contribution in [0.15, 0.2) is 48.7 Å². The van der Waals surface area contributed by atoms with Crippen LogP contribution in [0.3, 0.4) is 0 Å². The lowest BCUT2D eigenvalue weighted by Crippen LogP contribution is -2.08. The molecule has 3 aromatic rings. The molecule has 4 rings (SSSR count). The van der Waals surface area contributed by atoms with Crippen molar-refractivity contribution in [1.82, 2.24) is 15.0 Å². The molecule has 1 aromatic carbocycles. The lowest BCUT2D eigenvalue weighted by atomic mass is 10.2. The molecule has 2 N–H and O–H groups in total. The van der Waals surface area contributed by atoms with Crippen LogP contribution in [0.2, 0.25) is 5.02 Å². The molecule has 0 aliphatic heterocycles. The molecule has 0 bridgehead atoms. The largest absolute Gasteiger partial charge is 0.351 e. The van der Waals surface area contributed by atoms with Gasteiger partial charge in [0.15, 0.2) is 0 Å². The molecule has 0 unspecified atom stereocenters. The fourth-order valence-corrected chi connectivity index (χ4v) is 2.63. The lowest BCUT2D eigenvalue weighted by molar-refractivity contribution is 1.05. The van der Waals surface area contributed by atoms with E-state index in [1.807, 2.05) is 49.4 Å². The van der Waals surface area contributed by atoms with Crippen molar-refractivity contribution in [3.63, 3.8) is 0 Å². The predicted molar refractivity (Wildman–Crippen MR) is 101 cm³/mol. The Morgan fingerprint density at radius 3 is 2.64 bits per heavy atom. The van der Waals surface area contributed by atoms with E-state index in [9.17, 15) is 0 Å². The maximum Gasteiger partial charge on any atom is 0.225 e. The van der Waals surface area contributed by atoms with Gasteiger partial charge in [0, 0.05) is 29.0 Å². The summed E-state index contributed by atoms with van der Waals surface area (Å²) < 4.78 is 0. The summed E-state index contributed by atoms with van der Waals surface area (Å²) in [4.78, 5) is 13.6. The zero-order valence-corrected chi connectivity index (χ0v) is 14.6. The first kappa shape index (κ1) is 15.8. The summed E-state index contributed by atoms with van der Waals surface area (Å²) in [6, 6.07) is 14.0. The second-order valence-electron chi connectivity index (χ2n) is 6.18. The number of hydrogen-bond donors (Lipinski definition) is 2. The first-order valence-corrected chi connectivity index (χ1v) is 8.65. The van der Waals surface area contributed by atoms with Gasteiger partial charge in [0.1, 0.15) is 5.82 Å². The fourth-order valence-electron chi connectivity index (χ4n) is 2.45. The molecule has 5 nitrogen and oxygen atoms in total. The van der Waals surface area contributed by atoms with Crippen LogP contribution < -0.4 is 10.6 Å². The van der Waals surface area contributed by atoms with Crippen LogP contribution in [0.25, 0.3) is 11.4 Å². The van der Waals surface area contributed by atoms with Crippen LogP contribution in [0.1, 0.15) is 18.4 Å². The number of aryl methyl sites for hydroxylation is 1.